The second-order valence-electron chi connectivity index (χ2n) is 7.44. The Morgan fingerprint density at radius 2 is 2.04 bits per heavy atom. The number of allylic oxidation sites excluding steroid dienone is 2. The summed E-state index contributed by atoms with van der Waals surface area (Å²) in [5.74, 6) is 0.348. The monoisotopic (exact) mass is 381 g/mol. The van der Waals surface area contributed by atoms with Gasteiger partial charge in [-0.3, -0.25) is 9.59 Å². The van der Waals surface area contributed by atoms with Crippen LogP contribution < -0.4 is 10.9 Å². The van der Waals surface area contributed by atoms with E-state index in [9.17, 15) is 9.59 Å². The van der Waals surface area contributed by atoms with Gasteiger partial charge in [0.15, 0.2) is 10.9 Å². The summed E-state index contributed by atoms with van der Waals surface area (Å²) in [6.07, 6.45) is 2.17. The van der Waals surface area contributed by atoms with Gasteiger partial charge in [0.05, 0.1) is 5.56 Å². The van der Waals surface area contributed by atoms with Gasteiger partial charge in [0.1, 0.15) is 5.82 Å². The van der Waals surface area contributed by atoms with Crippen molar-refractivity contribution in [3.8, 4) is 0 Å². The number of H-pyrrole nitrogens is 1. The van der Waals surface area contributed by atoms with Crippen LogP contribution >= 0.6 is 11.8 Å². The average Bonchev–Trinajstić information content (AvgIpc) is 2.59. The fourth-order valence-electron chi connectivity index (χ4n) is 3.90. The zero-order valence-electron chi connectivity index (χ0n) is 15.8. The first-order chi connectivity index (χ1) is 12.9. The summed E-state index contributed by atoms with van der Waals surface area (Å²) >= 11 is 1.53. The molecular weight excluding hydrogens is 358 g/mol. The number of fused-ring (bicyclic) bond motifs is 1. The molecule has 1 atom stereocenters. The lowest BCUT2D eigenvalue weighted by Gasteiger charge is -2.33. The highest BCUT2D eigenvalue weighted by Crippen LogP contribution is 2.43. The van der Waals surface area contributed by atoms with Crippen LogP contribution in [0.3, 0.4) is 0 Å². The van der Waals surface area contributed by atoms with Gasteiger partial charge in [-0.15, -0.1) is 0 Å². The van der Waals surface area contributed by atoms with Gasteiger partial charge in [0.25, 0.3) is 5.56 Å². The van der Waals surface area contributed by atoms with Gasteiger partial charge >= 0.3 is 0 Å². The molecule has 0 fully saturated rings. The molecule has 1 aliphatic heterocycles. The number of anilines is 1. The van der Waals surface area contributed by atoms with E-state index in [1.807, 2.05) is 25.1 Å². The molecule has 1 aliphatic carbocycles. The van der Waals surface area contributed by atoms with Crippen molar-refractivity contribution in [2.45, 2.75) is 56.4 Å². The van der Waals surface area contributed by atoms with Gasteiger partial charge < -0.3 is 10.3 Å². The first-order valence-corrected chi connectivity index (χ1v) is 10.2. The molecule has 1 aromatic heterocycles. The highest BCUT2D eigenvalue weighted by molar-refractivity contribution is 7.99. The number of hydrogen-bond acceptors (Lipinski definition) is 5. The van der Waals surface area contributed by atoms with E-state index in [0.29, 0.717) is 28.2 Å². The molecule has 0 saturated heterocycles. The van der Waals surface area contributed by atoms with Crippen LogP contribution in [0.1, 0.15) is 55.7 Å². The van der Waals surface area contributed by atoms with Crippen molar-refractivity contribution in [1.82, 2.24) is 9.97 Å². The van der Waals surface area contributed by atoms with E-state index < -0.39 is 0 Å². The van der Waals surface area contributed by atoms with Crippen molar-refractivity contribution in [3.05, 3.63) is 62.6 Å². The molecule has 0 spiro atoms. The number of carbonyl (C=O) groups is 1. The van der Waals surface area contributed by atoms with Gasteiger partial charge in [-0.05, 0) is 25.3 Å². The number of benzene rings is 1. The van der Waals surface area contributed by atoms with E-state index in [0.717, 1.165) is 35.2 Å². The molecule has 1 aromatic carbocycles. The summed E-state index contributed by atoms with van der Waals surface area (Å²) in [6, 6.07) is 8.05. The van der Waals surface area contributed by atoms with Crippen molar-refractivity contribution in [3.63, 3.8) is 0 Å². The lowest BCUT2D eigenvalue weighted by atomic mass is 9.76. The molecule has 2 aliphatic rings. The zero-order valence-corrected chi connectivity index (χ0v) is 16.6. The molecule has 4 rings (SSSR count). The predicted molar refractivity (Wildman–Crippen MR) is 108 cm³/mol. The molecule has 0 saturated carbocycles. The number of rotatable bonds is 3. The van der Waals surface area contributed by atoms with Crippen LogP contribution in [0.5, 0.6) is 0 Å². The van der Waals surface area contributed by atoms with Gasteiger partial charge in [0, 0.05) is 28.9 Å². The van der Waals surface area contributed by atoms with Gasteiger partial charge in [0.2, 0.25) is 0 Å². The molecular formula is C21H23N3O2S. The Hall–Kier alpha value is -2.34. The zero-order chi connectivity index (χ0) is 19.1. The quantitative estimate of drug-likeness (QED) is 0.617. The number of aryl methyl sites for hydroxylation is 1. The van der Waals surface area contributed by atoms with E-state index in [1.165, 1.54) is 11.8 Å². The summed E-state index contributed by atoms with van der Waals surface area (Å²) < 4.78 is 0. The number of carbonyl (C=O) groups excluding carboxylic acids is 1. The Kier molecular flexibility index (Phi) is 4.68. The van der Waals surface area contributed by atoms with Crippen LogP contribution in [0.15, 0.2) is 45.5 Å². The normalized spacial score (nSPS) is 19.0. The van der Waals surface area contributed by atoms with Gasteiger partial charge in [-0.2, -0.15) is 0 Å². The molecule has 2 N–H and O–H groups in total. The molecule has 5 nitrogen and oxygen atoms in total. The number of aromatic nitrogens is 2. The third kappa shape index (κ3) is 3.34. The number of hydrogen-bond donors (Lipinski definition) is 2. The number of ketones is 1. The van der Waals surface area contributed by atoms with Crippen LogP contribution in [0.25, 0.3) is 0 Å². The Morgan fingerprint density at radius 3 is 2.78 bits per heavy atom. The fraction of sp³-hybridized carbons (Fsp3) is 0.381. The molecule has 2 aromatic rings. The first kappa shape index (κ1) is 18.0. The lowest BCUT2D eigenvalue weighted by Crippen LogP contribution is -2.32. The van der Waals surface area contributed by atoms with Crippen LogP contribution in [-0.2, 0) is 4.79 Å². The Balaban J connectivity index is 1.93. The highest BCUT2D eigenvalue weighted by Gasteiger charge is 2.37. The maximum Gasteiger partial charge on any atom is 0.257 e. The Morgan fingerprint density at radius 1 is 1.22 bits per heavy atom. The summed E-state index contributed by atoms with van der Waals surface area (Å²) in [4.78, 5) is 33.4. The second-order valence-corrected chi connectivity index (χ2v) is 9.01. The van der Waals surface area contributed by atoms with Crippen molar-refractivity contribution in [1.29, 1.82) is 0 Å². The van der Waals surface area contributed by atoms with Gasteiger partial charge in [-0.1, -0.05) is 55.4 Å². The van der Waals surface area contributed by atoms with Crippen molar-refractivity contribution in [2.24, 2.45) is 0 Å². The summed E-state index contributed by atoms with van der Waals surface area (Å²) in [7, 11) is 0. The summed E-state index contributed by atoms with van der Waals surface area (Å²) in [5, 5.41) is 4.23. The number of Topliss-reactive ketones (excluding diaryl/α,β-unsaturated/α-hetero) is 1. The largest absolute Gasteiger partial charge is 0.343 e. The minimum atomic E-state index is -0.363. The maximum absolute atomic E-state index is 13.0. The third-order valence-electron chi connectivity index (χ3n) is 4.96. The maximum atomic E-state index is 13.0. The molecule has 0 bridgehead atoms. The standard InChI is InChI=1S/C21H23N3O2S/c1-11(2)27-21-23-19-18(20(26)24-21)16(13-7-4-6-12(3)10-13)17-14(22-19)8-5-9-15(17)25/h4,6-7,10-11,16H,5,8-9H2,1-3H3,(H2,22,23,24,26). The number of nitrogens with one attached hydrogen (secondary N) is 2. The minimum Gasteiger partial charge on any atom is -0.343 e. The number of thioether (sulfide) groups is 1. The van der Waals surface area contributed by atoms with Crippen molar-refractivity contribution in [2.75, 3.05) is 5.32 Å². The molecule has 6 heteroatoms. The van der Waals surface area contributed by atoms with Crippen LogP contribution in [0.4, 0.5) is 5.82 Å². The highest BCUT2D eigenvalue weighted by atomic mass is 32.2. The van der Waals surface area contributed by atoms with E-state index in [4.69, 9.17) is 0 Å². The predicted octanol–water partition coefficient (Wildman–Crippen LogP) is 4.14. The summed E-state index contributed by atoms with van der Waals surface area (Å²) in [5.41, 5.74) is 4.10. The van der Waals surface area contributed by atoms with Crippen molar-refractivity contribution < 1.29 is 4.79 Å². The molecule has 1 unspecified atom stereocenters. The topological polar surface area (TPSA) is 74.8 Å². The number of nitrogens with zero attached hydrogens (tertiary/aromatic N) is 1. The van der Waals surface area contributed by atoms with Crippen LogP contribution in [-0.4, -0.2) is 21.0 Å². The summed E-state index contributed by atoms with van der Waals surface area (Å²) in [6.45, 7) is 6.15. The second kappa shape index (κ2) is 7.00. The first-order valence-electron chi connectivity index (χ1n) is 9.34. The minimum absolute atomic E-state index is 0.126. The molecule has 0 amide bonds. The third-order valence-corrected chi connectivity index (χ3v) is 5.85. The van der Waals surface area contributed by atoms with Crippen LogP contribution in [0.2, 0.25) is 0 Å². The molecule has 2 heterocycles. The van der Waals surface area contributed by atoms with Crippen LogP contribution in [0, 0.1) is 6.92 Å². The van der Waals surface area contributed by atoms with E-state index in [-0.39, 0.29) is 17.3 Å². The Bertz CT molecular complexity index is 1010. The lowest BCUT2D eigenvalue weighted by molar-refractivity contribution is -0.116. The van der Waals surface area contributed by atoms with Gasteiger partial charge in [-0.25, -0.2) is 4.98 Å². The van der Waals surface area contributed by atoms with Crippen molar-refractivity contribution >= 4 is 23.4 Å². The van der Waals surface area contributed by atoms with E-state index >= 15 is 0 Å². The molecule has 27 heavy (non-hydrogen) atoms. The van der Waals surface area contributed by atoms with E-state index in [2.05, 4.69) is 35.2 Å². The SMILES string of the molecule is Cc1cccc(C2C3=C(CCCC3=O)Nc3nc(SC(C)C)[nH]c(=O)c32)c1. The van der Waals surface area contributed by atoms with E-state index in [1.54, 1.807) is 0 Å². The molecule has 0 radical (unpaired) electrons. The molecule has 140 valence electrons. The number of aromatic amines is 1. The fourth-order valence-corrected chi connectivity index (χ4v) is 4.64. The Labute approximate surface area is 162 Å². The average molecular weight is 382 g/mol. The smallest absolute Gasteiger partial charge is 0.257 e.